The van der Waals surface area contributed by atoms with Crippen LogP contribution in [0.4, 0.5) is 5.69 Å². The Morgan fingerprint density at radius 2 is 2.20 bits per heavy atom. The highest BCUT2D eigenvalue weighted by Gasteiger charge is 2.32. The highest BCUT2D eigenvalue weighted by Crippen LogP contribution is 2.33. The molecule has 1 aliphatic heterocycles. The van der Waals surface area contributed by atoms with E-state index in [-0.39, 0.29) is 11.2 Å². The Labute approximate surface area is 159 Å². The lowest BCUT2D eigenvalue weighted by atomic mass is 10.1. The van der Waals surface area contributed by atoms with Crippen molar-refractivity contribution in [2.75, 3.05) is 25.2 Å². The number of carbonyl (C=O) groups is 1. The number of anilines is 1. The number of amides is 1. The number of piperidine rings is 1. The molecule has 0 bridgehead atoms. The van der Waals surface area contributed by atoms with Crippen LogP contribution in [0.15, 0.2) is 23.4 Å². The summed E-state index contributed by atoms with van der Waals surface area (Å²) in [5.74, 6) is 0.0240. The molecule has 7 nitrogen and oxygen atoms in total. The summed E-state index contributed by atoms with van der Waals surface area (Å²) in [7, 11) is 1.62. The van der Waals surface area contributed by atoms with Crippen molar-refractivity contribution in [2.24, 2.45) is 0 Å². The highest BCUT2D eigenvalue weighted by molar-refractivity contribution is 8.00. The molecule has 1 aliphatic rings. The summed E-state index contributed by atoms with van der Waals surface area (Å²) in [5, 5.41) is 12.9. The zero-order chi connectivity index (χ0) is 17.8. The molecule has 0 spiro atoms. The summed E-state index contributed by atoms with van der Waals surface area (Å²) in [4.78, 5) is 14.6. The number of methoxy groups -OCH3 is 1. The van der Waals surface area contributed by atoms with Gasteiger partial charge >= 0.3 is 0 Å². The number of thioether (sulfide) groups is 1. The molecule has 134 valence electrons. The molecule has 2 heterocycles. The summed E-state index contributed by atoms with van der Waals surface area (Å²) in [5.41, 5.74) is 0.753. The van der Waals surface area contributed by atoms with Crippen LogP contribution in [0.1, 0.15) is 12.8 Å². The van der Waals surface area contributed by atoms with Crippen molar-refractivity contribution in [3.05, 3.63) is 28.2 Å². The SMILES string of the molecule is COCCn1nnnc1SC1CCCN(c2ccc(Cl)c(Cl)c2)C1=O. The quantitative estimate of drug-likeness (QED) is 0.740. The Kier molecular flexibility index (Phi) is 6.16. The van der Waals surface area contributed by atoms with Crippen molar-refractivity contribution in [1.82, 2.24) is 20.2 Å². The number of ether oxygens (including phenoxy) is 1. The van der Waals surface area contributed by atoms with E-state index in [0.717, 1.165) is 18.5 Å². The summed E-state index contributed by atoms with van der Waals surface area (Å²) in [6.45, 7) is 1.71. The van der Waals surface area contributed by atoms with Crippen molar-refractivity contribution in [1.29, 1.82) is 0 Å². The second-order valence-electron chi connectivity index (χ2n) is 5.51. The van der Waals surface area contributed by atoms with Gasteiger partial charge in [0, 0.05) is 19.3 Å². The summed E-state index contributed by atoms with van der Waals surface area (Å²) in [6.07, 6.45) is 1.67. The molecule has 0 N–H and O–H groups in total. The van der Waals surface area contributed by atoms with Crippen LogP contribution >= 0.6 is 35.0 Å². The molecule has 2 aromatic rings. The first kappa shape index (κ1) is 18.4. The normalized spacial score (nSPS) is 18.0. The number of tetrazole rings is 1. The number of carbonyl (C=O) groups excluding carboxylic acids is 1. The molecule has 3 rings (SSSR count). The Bertz CT molecular complexity index is 757. The maximum atomic E-state index is 12.9. The Balaban J connectivity index is 1.74. The number of hydrogen-bond acceptors (Lipinski definition) is 6. The second kappa shape index (κ2) is 8.35. The molecular weight excluding hydrogens is 385 g/mol. The minimum absolute atomic E-state index is 0.0240. The lowest BCUT2D eigenvalue weighted by molar-refractivity contribution is -0.119. The van der Waals surface area contributed by atoms with Gasteiger partial charge < -0.3 is 9.64 Å². The zero-order valence-corrected chi connectivity index (χ0v) is 15.9. The molecule has 1 saturated heterocycles. The maximum Gasteiger partial charge on any atom is 0.240 e. The number of hydrogen-bond donors (Lipinski definition) is 0. The van der Waals surface area contributed by atoms with Crippen LogP contribution in [-0.2, 0) is 16.1 Å². The lowest BCUT2D eigenvalue weighted by Gasteiger charge is -2.31. The van der Waals surface area contributed by atoms with Crippen LogP contribution in [0, 0.1) is 0 Å². The molecule has 0 aliphatic carbocycles. The number of halogens is 2. The van der Waals surface area contributed by atoms with Crippen LogP contribution in [0.25, 0.3) is 0 Å². The minimum Gasteiger partial charge on any atom is -0.383 e. The smallest absolute Gasteiger partial charge is 0.240 e. The van der Waals surface area contributed by atoms with Crippen LogP contribution < -0.4 is 4.90 Å². The van der Waals surface area contributed by atoms with Gasteiger partial charge in [0.2, 0.25) is 11.1 Å². The summed E-state index contributed by atoms with van der Waals surface area (Å²) in [6, 6.07) is 5.23. The van der Waals surface area contributed by atoms with Crippen molar-refractivity contribution in [3.8, 4) is 0 Å². The van der Waals surface area contributed by atoms with Crippen LogP contribution in [-0.4, -0.2) is 51.6 Å². The zero-order valence-electron chi connectivity index (χ0n) is 13.6. The van der Waals surface area contributed by atoms with Gasteiger partial charge in [0.1, 0.15) is 0 Å². The van der Waals surface area contributed by atoms with Crippen LogP contribution in [0.5, 0.6) is 0 Å². The largest absolute Gasteiger partial charge is 0.383 e. The van der Waals surface area contributed by atoms with Crippen LogP contribution in [0.2, 0.25) is 10.0 Å². The topological polar surface area (TPSA) is 73.1 Å². The van der Waals surface area contributed by atoms with E-state index < -0.39 is 0 Å². The average Bonchev–Trinajstić information content (AvgIpc) is 3.04. The highest BCUT2D eigenvalue weighted by atomic mass is 35.5. The maximum absolute atomic E-state index is 12.9. The standard InChI is InChI=1S/C15H17Cl2N5O2S/c1-24-8-7-22-15(18-19-20-22)25-13-3-2-6-21(14(13)23)10-4-5-11(16)12(17)9-10/h4-5,9,13H,2-3,6-8H2,1H3. The van der Waals surface area contributed by atoms with Gasteiger partial charge in [0.15, 0.2) is 0 Å². The second-order valence-corrected chi connectivity index (χ2v) is 7.50. The van der Waals surface area contributed by atoms with Gasteiger partial charge in [0.25, 0.3) is 0 Å². The number of rotatable bonds is 6. The third kappa shape index (κ3) is 4.25. The van der Waals surface area contributed by atoms with Crippen molar-refractivity contribution in [3.63, 3.8) is 0 Å². The minimum atomic E-state index is -0.240. The molecular formula is C15H17Cl2N5O2S. The molecule has 1 fully saturated rings. The van der Waals surface area contributed by atoms with Gasteiger partial charge in [-0.3, -0.25) is 4.79 Å². The van der Waals surface area contributed by atoms with Crippen molar-refractivity contribution >= 4 is 46.6 Å². The number of benzene rings is 1. The van der Waals surface area contributed by atoms with E-state index in [1.54, 1.807) is 28.8 Å². The first-order chi connectivity index (χ1) is 12.1. The van der Waals surface area contributed by atoms with Gasteiger partial charge in [-0.05, 0) is 41.5 Å². The monoisotopic (exact) mass is 401 g/mol. The molecule has 25 heavy (non-hydrogen) atoms. The van der Waals surface area contributed by atoms with Gasteiger partial charge in [0.05, 0.1) is 28.4 Å². The van der Waals surface area contributed by atoms with Gasteiger partial charge in [-0.1, -0.05) is 35.0 Å². The molecule has 1 atom stereocenters. The lowest BCUT2D eigenvalue weighted by Crippen LogP contribution is -2.43. The molecule has 1 aromatic heterocycles. The summed E-state index contributed by atoms with van der Waals surface area (Å²) >= 11 is 13.4. The fraction of sp³-hybridized carbons (Fsp3) is 0.467. The van der Waals surface area contributed by atoms with E-state index in [2.05, 4.69) is 15.5 Å². The van der Waals surface area contributed by atoms with Crippen LogP contribution in [0.3, 0.4) is 0 Å². The Hall–Kier alpha value is -1.35. The molecule has 1 aromatic carbocycles. The Morgan fingerprint density at radius 3 is 2.96 bits per heavy atom. The van der Waals surface area contributed by atoms with Gasteiger partial charge in [-0.2, -0.15) is 0 Å². The van der Waals surface area contributed by atoms with E-state index in [1.165, 1.54) is 11.8 Å². The van der Waals surface area contributed by atoms with E-state index in [1.807, 2.05) is 6.07 Å². The fourth-order valence-electron chi connectivity index (χ4n) is 2.59. The van der Waals surface area contributed by atoms with Gasteiger partial charge in [-0.15, -0.1) is 5.10 Å². The first-order valence-corrected chi connectivity index (χ1v) is 9.42. The van der Waals surface area contributed by atoms with Crippen molar-refractivity contribution in [2.45, 2.75) is 29.8 Å². The molecule has 10 heteroatoms. The summed E-state index contributed by atoms with van der Waals surface area (Å²) < 4.78 is 6.71. The predicted molar refractivity (Wildman–Crippen MR) is 97.4 cm³/mol. The van der Waals surface area contributed by atoms with E-state index in [9.17, 15) is 4.79 Å². The Morgan fingerprint density at radius 1 is 1.36 bits per heavy atom. The molecule has 0 saturated carbocycles. The number of aromatic nitrogens is 4. The van der Waals surface area contributed by atoms with E-state index in [4.69, 9.17) is 27.9 Å². The van der Waals surface area contributed by atoms with Crippen molar-refractivity contribution < 1.29 is 9.53 Å². The van der Waals surface area contributed by atoms with E-state index in [0.29, 0.717) is 34.9 Å². The first-order valence-electron chi connectivity index (χ1n) is 7.78. The predicted octanol–water partition coefficient (Wildman–Crippen LogP) is 2.91. The third-order valence-electron chi connectivity index (χ3n) is 3.86. The van der Waals surface area contributed by atoms with E-state index >= 15 is 0 Å². The molecule has 1 amide bonds. The van der Waals surface area contributed by atoms with Gasteiger partial charge in [-0.25, -0.2) is 4.68 Å². The number of nitrogens with zero attached hydrogens (tertiary/aromatic N) is 5. The average molecular weight is 402 g/mol. The molecule has 0 radical (unpaired) electrons. The molecule has 1 unspecified atom stereocenters. The fourth-order valence-corrected chi connectivity index (χ4v) is 3.98. The third-order valence-corrected chi connectivity index (χ3v) is 5.82.